The fourth-order valence-electron chi connectivity index (χ4n) is 4.01. The molecule has 2 N–H and O–H groups in total. The SMILES string of the molecule is CN=S1(=O)C[C@@](CF)(c2cc(-c3cc(-c4cnc(OC)cn4)no3)ccc2F)N=C(NC(=O)O)C1(C)C. The third kappa shape index (κ3) is 4.52. The average molecular weight is 535 g/mol. The first-order valence-corrected chi connectivity index (χ1v) is 12.6. The van der Waals surface area contributed by atoms with Crippen LogP contribution in [-0.4, -0.2) is 67.7 Å². The van der Waals surface area contributed by atoms with Crippen molar-refractivity contribution in [1.82, 2.24) is 20.4 Å². The van der Waals surface area contributed by atoms with Crippen LogP contribution in [0, 0.1) is 5.82 Å². The third-order valence-electron chi connectivity index (χ3n) is 6.23. The Morgan fingerprint density at radius 1 is 1.27 bits per heavy atom. The average Bonchev–Trinajstić information content (AvgIpc) is 3.37. The second-order valence-electron chi connectivity index (χ2n) is 8.75. The fraction of sp³-hybridized carbons (Fsp3) is 0.348. The summed E-state index contributed by atoms with van der Waals surface area (Å²) in [6.07, 6.45) is 1.37. The van der Waals surface area contributed by atoms with Gasteiger partial charge in [-0.25, -0.2) is 32.1 Å². The van der Waals surface area contributed by atoms with Gasteiger partial charge in [-0.2, -0.15) is 0 Å². The van der Waals surface area contributed by atoms with Gasteiger partial charge in [-0.15, -0.1) is 0 Å². The van der Waals surface area contributed by atoms with Crippen molar-refractivity contribution in [2.45, 2.75) is 24.1 Å². The monoisotopic (exact) mass is 534 g/mol. The molecule has 1 aliphatic heterocycles. The van der Waals surface area contributed by atoms with Gasteiger partial charge in [-0.3, -0.25) is 10.3 Å². The molecule has 4 rings (SSSR count). The predicted octanol–water partition coefficient (Wildman–Crippen LogP) is 3.67. The first-order chi connectivity index (χ1) is 17.5. The number of rotatable bonds is 5. The maximum absolute atomic E-state index is 15.2. The van der Waals surface area contributed by atoms with Crippen molar-refractivity contribution in [3.8, 4) is 28.6 Å². The quantitative estimate of drug-likeness (QED) is 0.503. The highest BCUT2D eigenvalue weighted by atomic mass is 32.2. The van der Waals surface area contributed by atoms with Crippen molar-refractivity contribution < 1.29 is 32.2 Å². The lowest BCUT2D eigenvalue weighted by Gasteiger charge is -2.41. The van der Waals surface area contributed by atoms with Crippen LogP contribution < -0.4 is 10.1 Å². The van der Waals surface area contributed by atoms with Crippen molar-refractivity contribution in [2.24, 2.45) is 9.36 Å². The molecule has 3 heterocycles. The maximum atomic E-state index is 15.2. The van der Waals surface area contributed by atoms with E-state index in [-0.39, 0.29) is 17.2 Å². The zero-order valence-electron chi connectivity index (χ0n) is 20.4. The first-order valence-electron chi connectivity index (χ1n) is 10.9. The zero-order valence-corrected chi connectivity index (χ0v) is 21.2. The zero-order chi connectivity index (χ0) is 27.0. The number of carbonyl (C=O) groups is 1. The molecule has 0 saturated heterocycles. The normalized spacial score (nSPS) is 22.7. The summed E-state index contributed by atoms with van der Waals surface area (Å²) < 4.78 is 56.8. The minimum atomic E-state index is -3.30. The Bertz CT molecular complexity index is 1500. The number of benzene rings is 1. The van der Waals surface area contributed by atoms with E-state index in [9.17, 15) is 18.5 Å². The van der Waals surface area contributed by atoms with Crippen LogP contribution in [0.4, 0.5) is 13.6 Å². The van der Waals surface area contributed by atoms with Gasteiger partial charge in [0.25, 0.3) is 0 Å². The number of amides is 1. The molecular formula is C23H24F2N6O5S. The van der Waals surface area contributed by atoms with Crippen molar-refractivity contribution in [1.29, 1.82) is 0 Å². The van der Waals surface area contributed by atoms with E-state index in [2.05, 4.69) is 29.8 Å². The molecule has 37 heavy (non-hydrogen) atoms. The molecule has 0 aliphatic carbocycles. The Morgan fingerprint density at radius 2 is 2.03 bits per heavy atom. The number of hydrogen-bond acceptors (Lipinski definition) is 9. The predicted molar refractivity (Wildman–Crippen MR) is 131 cm³/mol. The van der Waals surface area contributed by atoms with E-state index in [1.165, 1.54) is 52.5 Å². The molecule has 0 spiro atoms. The van der Waals surface area contributed by atoms with Gasteiger partial charge in [-0.1, -0.05) is 5.16 Å². The number of methoxy groups -OCH3 is 1. The van der Waals surface area contributed by atoms with Gasteiger partial charge in [0, 0.05) is 24.2 Å². The number of ether oxygens (including phenoxy) is 1. The summed E-state index contributed by atoms with van der Waals surface area (Å²) in [7, 11) is -0.550. The second kappa shape index (κ2) is 9.50. The number of halogens is 2. The van der Waals surface area contributed by atoms with Gasteiger partial charge >= 0.3 is 6.09 Å². The molecular weight excluding hydrogens is 510 g/mol. The highest BCUT2D eigenvalue weighted by Crippen LogP contribution is 2.41. The van der Waals surface area contributed by atoms with Crippen LogP contribution in [0.3, 0.4) is 0 Å². The molecule has 1 aromatic carbocycles. The van der Waals surface area contributed by atoms with Gasteiger partial charge in [0.2, 0.25) is 5.88 Å². The number of amidine groups is 1. The minimum absolute atomic E-state index is 0.216. The number of carboxylic acid groups (broad SMARTS) is 1. The molecule has 2 atom stereocenters. The topological polar surface area (TPSA) is 152 Å². The maximum Gasteiger partial charge on any atom is 0.410 e. The Balaban J connectivity index is 1.83. The van der Waals surface area contributed by atoms with Crippen LogP contribution in [0.5, 0.6) is 5.88 Å². The van der Waals surface area contributed by atoms with Gasteiger partial charge in [0.1, 0.15) is 40.0 Å². The molecule has 196 valence electrons. The summed E-state index contributed by atoms with van der Waals surface area (Å²) in [5.41, 5.74) is -1.17. The third-order valence-corrected chi connectivity index (χ3v) is 9.48. The van der Waals surface area contributed by atoms with Crippen LogP contribution in [-0.2, 0) is 15.3 Å². The van der Waals surface area contributed by atoms with Crippen LogP contribution in [0.2, 0.25) is 0 Å². The lowest BCUT2D eigenvalue weighted by molar-refractivity contribution is 0.199. The standard InChI is InChI=1S/C23H24F2N6O5S/c1-22(2)20(29-21(32)33)30-23(11-24,12-37(22,34)26-3)14-7-13(5-6-15(14)25)18-8-16(31-36-18)17-9-28-19(35-4)10-27-17/h5-10H,11-12H2,1-4H3,(H,29,30)(H,32,33)/t23-,37?/m0/s1. The van der Waals surface area contributed by atoms with E-state index in [0.717, 1.165) is 6.07 Å². The van der Waals surface area contributed by atoms with Crippen LogP contribution in [0.15, 0.2) is 50.5 Å². The summed E-state index contributed by atoms with van der Waals surface area (Å²) in [5.74, 6) is -1.03. The molecule has 0 bridgehead atoms. The smallest absolute Gasteiger partial charge is 0.410 e. The summed E-state index contributed by atoms with van der Waals surface area (Å²) >= 11 is 0. The van der Waals surface area contributed by atoms with Gasteiger partial charge in [0.15, 0.2) is 5.76 Å². The Labute approximate surface area is 211 Å². The Morgan fingerprint density at radius 3 is 2.62 bits per heavy atom. The van der Waals surface area contributed by atoms with Gasteiger partial charge < -0.3 is 14.4 Å². The summed E-state index contributed by atoms with van der Waals surface area (Å²) in [6.45, 7) is 1.72. The summed E-state index contributed by atoms with van der Waals surface area (Å²) in [4.78, 5) is 24.0. The molecule has 1 aliphatic rings. The highest BCUT2D eigenvalue weighted by Gasteiger charge is 2.51. The van der Waals surface area contributed by atoms with Gasteiger partial charge in [0.05, 0.1) is 35.0 Å². The number of nitrogens with one attached hydrogen (secondary N) is 1. The molecule has 1 unspecified atom stereocenters. The number of aliphatic imine (C=N–C) groups is 1. The van der Waals surface area contributed by atoms with Crippen molar-refractivity contribution >= 4 is 21.7 Å². The fourth-order valence-corrected chi connectivity index (χ4v) is 6.30. The molecule has 3 aromatic rings. The largest absolute Gasteiger partial charge is 0.480 e. The lowest BCUT2D eigenvalue weighted by atomic mass is 9.90. The minimum Gasteiger partial charge on any atom is -0.480 e. The van der Waals surface area contributed by atoms with Gasteiger partial charge in [-0.05, 0) is 32.0 Å². The molecule has 11 nitrogen and oxygen atoms in total. The van der Waals surface area contributed by atoms with Crippen LogP contribution in [0.1, 0.15) is 19.4 Å². The molecule has 0 saturated carbocycles. The summed E-state index contributed by atoms with van der Waals surface area (Å²) in [6, 6.07) is 5.37. The first kappa shape index (κ1) is 26.1. The van der Waals surface area contributed by atoms with E-state index < -0.39 is 44.4 Å². The Hall–Kier alpha value is -3.94. The van der Waals surface area contributed by atoms with E-state index in [4.69, 9.17) is 9.26 Å². The van der Waals surface area contributed by atoms with Crippen LogP contribution >= 0.6 is 0 Å². The molecule has 0 fully saturated rings. The van der Waals surface area contributed by atoms with E-state index in [0.29, 0.717) is 22.8 Å². The molecule has 2 aromatic heterocycles. The molecule has 1 amide bonds. The van der Waals surface area contributed by atoms with Crippen molar-refractivity contribution in [3.05, 3.63) is 48.0 Å². The molecule has 14 heteroatoms. The van der Waals surface area contributed by atoms with E-state index in [1.807, 2.05) is 0 Å². The lowest BCUT2D eigenvalue weighted by Crippen LogP contribution is -2.58. The van der Waals surface area contributed by atoms with Crippen molar-refractivity contribution in [2.75, 3.05) is 26.6 Å². The number of aromatic nitrogens is 3. The summed E-state index contributed by atoms with van der Waals surface area (Å²) in [5, 5.41) is 15.4. The number of alkyl halides is 1. The second-order valence-corrected chi connectivity index (χ2v) is 11.7. The van der Waals surface area contributed by atoms with E-state index in [1.54, 1.807) is 6.07 Å². The Kier molecular flexibility index (Phi) is 6.71. The van der Waals surface area contributed by atoms with E-state index >= 15 is 4.39 Å². The molecule has 0 radical (unpaired) electrons. The number of nitrogens with zero attached hydrogens (tertiary/aromatic N) is 5. The van der Waals surface area contributed by atoms with Crippen LogP contribution in [0.25, 0.3) is 22.7 Å². The highest BCUT2D eigenvalue weighted by molar-refractivity contribution is 7.95. The van der Waals surface area contributed by atoms with Crippen molar-refractivity contribution in [3.63, 3.8) is 0 Å². The number of hydrogen-bond donors (Lipinski definition) is 2.